The van der Waals surface area contributed by atoms with Gasteiger partial charge in [-0.3, -0.25) is 4.98 Å². The number of furan rings is 1. The second-order valence-electron chi connectivity index (χ2n) is 9.79. The van der Waals surface area contributed by atoms with Crippen molar-refractivity contribution in [2.45, 2.75) is 33.1 Å². The van der Waals surface area contributed by atoms with Gasteiger partial charge in [0.15, 0.2) is 0 Å². The summed E-state index contributed by atoms with van der Waals surface area (Å²) < 4.78 is 7.02. The normalized spacial score (nSPS) is 12.2. The van der Waals surface area contributed by atoms with Gasteiger partial charge in [-0.25, -0.2) is 0 Å². The first-order valence-electron chi connectivity index (χ1n) is 11.3. The van der Waals surface area contributed by atoms with Crippen LogP contribution in [0, 0.1) is 6.92 Å². The summed E-state index contributed by atoms with van der Waals surface area (Å²) in [4.78, 5) is 6.11. The van der Waals surface area contributed by atoms with Crippen LogP contribution in [0.15, 0.2) is 83.4 Å². The zero-order chi connectivity index (χ0) is 22.7. The maximum atomic E-state index is 5.76. The topological polar surface area (TPSA) is 26.0 Å². The second kappa shape index (κ2) is 7.29. The average Bonchev–Trinajstić information content (AvgIpc) is 3.39. The molecule has 0 atom stereocenters. The minimum atomic E-state index is 0.0431. The SMILES string of the molecule is Cc1cc2cc(-c3cc4c(-c5cc(C(C)(C)C)c6ccccc6c5)nccc4s3)ccc2o1. The van der Waals surface area contributed by atoms with Gasteiger partial charge in [-0.2, -0.15) is 0 Å². The van der Waals surface area contributed by atoms with Crippen molar-refractivity contribution in [3.05, 3.63) is 90.3 Å². The Hall–Kier alpha value is -3.43. The lowest BCUT2D eigenvalue weighted by atomic mass is 9.82. The summed E-state index contributed by atoms with van der Waals surface area (Å²) in [7, 11) is 0. The van der Waals surface area contributed by atoms with E-state index in [-0.39, 0.29) is 5.41 Å². The second-order valence-corrected chi connectivity index (χ2v) is 10.9. The number of hydrogen-bond acceptors (Lipinski definition) is 3. The lowest BCUT2D eigenvalue weighted by molar-refractivity contribution is 0.578. The van der Waals surface area contributed by atoms with Crippen molar-refractivity contribution >= 4 is 43.2 Å². The van der Waals surface area contributed by atoms with E-state index in [1.54, 1.807) is 0 Å². The molecule has 0 saturated heterocycles. The van der Waals surface area contributed by atoms with Gasteiger partial charge >= 0.3 is 0 Å². The minimum absolute atomic E-state index is 0.0431. The van der Waals surface area contributed by atoms with Crippen molar-refractivity contribution in [1.29, 1.82) is 0 Å². The molecule has 3 heterocycles. The molecule has 0 N–H and O–H groups in total. The molecule has 2 nitrogen and oxygen atoms in total. The molecule has 0 amide bonds. The van der Waals surface area contributed by atoms with Gasteiger partial charge in [0.1, 0.15) is 11.3 Å². The van der Waals surface area contributed by atoms with E-state index in [1.807, 2.05) is 24.5 Å². The number of thiophene rings is 1. The molecule has 6 aromatic rings. The maximum Gasteiger partial charge on any atom is 0.134 e. The molecule has 3 heteroatoms. The third-order valence-corrected chi connectivity index (χ3v) is 7.46. The fraction of sp³-hybridized carbons (Fsp3) is 0.167. The zero-order valence-corrected chi connectivity index (χ0v) is 20.1. The molecule has 0 spiro atoms. The number of hydrogen-bond donors (Lipinski definition) is 0. The summed E-state index contributed by atoms with van der Waals surface area (Å²) in [6.45, 7) is 8.83. The Morgan fingerprint density at radius 2 is 1.61 bits per heavy atom. The largest absolute Gasteiger partial charge is 0.461 e. The monoisotopic (exact) mass is 447 g/mol. The van der Waals surface area contributed by atoms with Gasteiger partial charge in [-0.05, 0) is 82.8 Å². The van der Waals surface area contributed by atoms with Crippen LogP contribution < -0.4 is 0 Å². The first-order chi connectivity index (χ1) is 15.9. The van der Waals surface area contributed by atoms with Gasteiger partial charge in [-0.15, -0.1) is 11.3 Å². The Kier molecular flexibility index (Phi) is 4.46. The van der Waals surface area contributed by atoms with Crippen LogP contribution in [0.5, 0.6) is 0 Å². The molecule has 0 saturated carbocycles. The van der Waals surface area contributed by atoms with E-state index in [9.17, 15) is 0 Å². The van der Waals surface area contributed by atoms with E-state index >= 15 is 0 Å². The Labute approximate surface area is 197 Å². The summed E-state index contributed by atoms with van der Waals surface area (Å²) in [6, 6.07) is 26.2. The van der Waals surface area contributed by atoms with E-state index < -0.39 is 0 Å². The van der Waals surface area contributed by atoms with Crippen LogP contribution >= 0.6 is 11.3 Å². The highest BCUT2D eigenvalue weighted by atomic mass is 32.1. The van der Waals surface area contributed by atoms with Gasteiger partial charge in [-0.1, -0.05) is 45.0 Å². The summed E-state index contributed by atoms with van der Waals surface area (Å²) >= 11 is 1.82. The highest BCUT2D eigenvalue weighted by Crippen LogP contribution is 2.41. The van der Waals surface area contributed by atoms with Crippen molar-refractivity contribution in [2.24, 2.45) is 0 Å². The van der Waals surface area contributed by atoms with Crippen LogP contribution in [0.25, 0.3) is 53.5 Å². The van der Waals surface area contributed by atoms with Gasteiger partial charge < -0.3 is 4.42 Å². The Morgan fingerprint density at radius 3 is 2.45 bits per heavy atom. The number of aryl methyl sites for hydroxylation is 1. The summed E-state index contributed by atoms with van der Waals surface area (Å²) in [5, 5.41) is 4.92. The van der Waals surface area contributed by atoms with Crippen LogP contribution in [-0.4, -0.2) is 4.98 Å². The lowest BCUT2D eigenvalue weighted by Gasteiger charge is -2.22. The van der Waals surface area contributed by atoms with Gasteiger partial charge in [0, 0.05) is 32.1 Å². The minimum Gasteiger partial charge on any atom is -0.461 e. The third kappa shape index (κ3) is 3.44. The summed E-state index contributed by atoms with van der Waals surface area (Å²) in [5.41, 5.74) is 5.77. The number of rotatable bonds is 2. The van der Waals surface area contributed by atoms with Gasteiger partial charge in [0.25, 0.3) is 0 Å². The molecule has 0 unspecified atom stereocenters. The van der Waals surface area contributed by atoms with E-state index in [2.05, 4.69) is 93.6 Å². The molecular weight excluding hydrogens is 422 g/mol. The smallest absolute Gasteiger partial charge is 0.134 e. The number of aromatic nitrogens is 1. The van der Waals surface area contributed by atoms with E-state index in [0.717, 1.165) is 22.4 Å². The first kappa shape index (κ1) is 20.2. The quantitative estimate of drug-likeness (QED) is 0.264. The predicted molar refractivity (Wildman–Crippen MR) is 141 cm³/mol. The highest BCUT2D eigenvalue weighted by Gasteiger charge is 2.20. The summed E-state index contributed by atoms with van der Waals surface area (Å²) in [6.07, 6.45) is 1.94. The van der Waals surface area contributed by atoms with Crippen LogP contribution in [0.4, 0.5) is 0 Å². The van der Waals surface area contributed by atoms with Crippen molar-refractivity contribution < 1.29 is 4.42 Å². The number of benzene rings is 3. The van der Waals surface area contributed by atoms with Crippen LogP contribution in [0.3, 0.4) is 0 Å². The molecule has 3 aromatic heterocycles. The van der Waals surface area contributed by atoms with Crippen molar-refractivity contribution in [3.8, 4) is 21.7 Å². The number of nitrogens with zero attached hydrogens (tertiary/aromatic N) is 1. The Bertz CT molecular complexity index is 1660. The third-order valence-electron chi connectivity index (χ3n) is 6.31. The van der Waals surface area contributed by atoms with Crippen LogP contribution in [0.2, 0.25) is 0 Å². The van der Waals surface area contributed by atoms with E-state index in [1.165, 1.54) is 42.4 Å². The number of pyridine rings is 1. The molecule has 0 fully saturated rings. The highest BCUT2D eigenvalue weighted by molar-refractivity contribution is 7.22. The maximum absolute atomic E-state index is 5.76. The molecule has 162 valence electrons. The number of fused-ring (bicyclic) bond motifs is 3. The van der Waals surface area contributed by atoms with Crippen LogP contribution in [-0.2, 0) is 5.41 Å². The van der Waals surface area contributed by atoms with Gasteiger partial charge in [0.05, 0.1) is 5.69 Å². The lowest BCUT2D eigenvalue weighted by Crippen LogP contribution is -2.12. The fourth-order valence-corrected chi connectivity index (χ4v) is 5.79. The van der Waals surface area contributed by atoms with E-state index in [4.69, 9.17) is 9.40 Å². The van der Waals surface area contributed by atoms with Gasteiger partial charge in [0.2, 0.25) is 0 Å². The van der Waals surface area contributed by atoms with Crippen molar-refractivity contribution in [2.75, 3.05) is 0 Å². The standard InChI is InChI=1S/C30H25NOS/c1-18-13-21-15-20(9-10-26(21)32-18)28-17-24-27(33-28)11-12-31-29(24)22-14-19-7-5-6-8-23(19)25(16-22)30(2,3)4/h5-17H,1-4H3. The predicted octanol–water partition coefficient (Wildman–Crippen LogP) is 9.14. The molecule has 0 aliphatic carbocycles. The molecule has 0 bridgehead atoms. The molecule has 6 rings (SSSR count). The van der Waals surface area contributed by atoms with Crippen molar-refractivity contribution in [1.82, 2.24) is 4.98 Å². The Balaban J connectivity index is 1.55. The molecule has 0 radical (unpaired) electrons. The van der Waals surface area contributed by atoms with Crippen LogP contribution in [0.1, 0.15) is 32.1 Å². The van der Waals surface area contributed by atoms with Crippen molar-refractivity contribution in [3.63, 3.8) is 0 Å². The molecule has 0 aliphatic heterocycles. The first-order valence-corrected chi connectivity index (χ1v) is 12.1. The zero-order valence-electron chi connectivity index (χ0n) is 19.3. The molecule has 3 aromatic carbocycles. The average molecular weight is 448 g/mol. The fourth-order valence-electron chi connectivity index (χ4n) is 4.73. The molecule has 0 aliphatic rings. The molecular formula is C30H25NOS. The summed E-state index contributed by atoms with van der Waals surface area (Å²) in [5.74, 6) is 0.941. The molecule has 33 heavy (non-hydrogen) atoms. The Morgan fingerprint density at radius 1 is 0.788 bits per heavy atom. The van der Waals surface area contributed by atoms with E-state index in [0.29, 0.717) is 0 Å².